The number of sulfonamides is 1. The Bertz CT molecular complexity index is 940. The molecule has 0 bridgehead atoms. The Morgan fingerprint density at radius 1 is 1.04 bits per heavy atom. The molecule has 0 aliphatic heterocycles. The van der Waals surface area contributed by atoms with Gasteiger partial charge in [0.25, 0.3) is 0 Å². The number of hydrogen-bond donors (Lipinski definition) is 0. The van der Waals surface area contributed by atoms with Crippen molar-refractivity contribution in [2.45, 2.75) is 4.90 Å². The topological polar surface area (TPSA) is 80.8 Å². The third-order valence-corrected chi connectivity index (χ3v) is 5.83. The van der Waals surface area contributed by atoms with Crippen molar-refractivity contribution in [3.8, 4) is 0 Å². The summed E-state index contributed by atoms with van der Waals surface area (Å²) in [6.07, 6.45) is 0. The fourth-order valence-electron chi connectivity index (χ4n) is 1.96. The minimum atomic E-state index is -3.74. The average Bonchev–Trinajstić information content (AvgIpc) is 2.60. The third kappa shape index (κ3) is 4.62. The maximum atomic E-state index is 12.2. The van der Waals surface area contributed by atoms with Crippen molar-refractivity contribution in [2.24, 2.45) is 0 Å². The highest BCUT2D eigenvalue weighted by Gasteiger charge is 2.22. The van der Waals surface area contributed by atoms with Gasteiger partial charge in [-0.05, 0) is 42.5 Å². The molecule has 6 nitrogen and oxygen atoms in total. The zero-order valence-electron chi connectivity index (χ0n) is 13.9. The number of carbonyl (C=O) groups excluding carboxylic acids is 2. The van der Waals surface area contributed by atoms with E-state index in [1.165, 1.54) is 38.4 Å². The smallest absolute Gasteiger partial charge is 0.340 e. The van der Waals surface area contributed by atoms with E-state index in [9.17, 15) is 18.0 Å². The summed E-state index contributed by atoms with van der Waals surface area (Å²) in [7, 11) is -1.00. The van der Waals surface area contributed by atoms with Crippen molar-refractivity contribution < 1.29 is 22.7 Å². The summed E-state index contributed by atoms with van der Waals surface area (Å²) in [5, 5.41) is 0.496. The molecule has 0 spiro atoms. The second kappa shape index (κ2) is 8.18. The van der Waals surface area contributed by atoms with E-state index in [0.29, 0.717) is 10.6 Å². The molecule has 2 aromatic carbocycles. The molecule has 0 fully saturated rings. The van der Waals surface area contributed by atoms with Gasteiger partial charge in [-0.25, -0.2) is 17.5 Å². The van der Waals surface area contributed by atoms with Gasteiger partial charge in [0.05, 0.1) is 15.5 Å². The van der Waals surface area contributed by atoms with Crippen LogP contribution < -0.4 is 0 Å². The van der Waals surface area contributed by atoms with Gasteiger partial charge in [-0.15, -0.1) is 0 Å². The SMILES string of the molecule is CN(C)S(=O)(=O)c1ccc(Cl)c(C(=O)OCC(=O)c2ccc(Cl)cc2)c1. The Morgan fingerprint density at radius 2 is 1.65 bits per heavy atom. The first kappa shape index (κ1) is 20.4. The van der Waals surface area contributed by atoms with E-state index in [4.69, 9.17) is 27.9 Å². The first-order chi connectivity index (χ1) is 12.1. The molecule has 138 valence electrons. The third-order valence-electron chi connectivity index (χ3n) is 3.44. The van der Waals surface area contributed by atoms with Crippen molar-refractivity contribution >= 4 is 45.0 Å². The largest absolute Gasteiger partial charge is 0.454 e. The summed E-state index contributed by atoms with van der Waals surface area (Å²) in [5.74, 6) is -1.32. The first-order valence-corrected chi connectivity index (χ1v) is 9.50. The van der Waals surface area contributed by atoms with E-state index in [1.807, 2.05) is 0 Å². The van der Waals surface area contributed by atoms with Gasteiger partial charge in [-0.3, -0.25) is 4.79 Å². The minimum absolute atomic E-state index is 0.0200. The van der Waals surface area contributed by atoms with Crippen LogP contribution in [0.25, 0.3) is 0 Å². The molecule has 0 amide bonds. The van der Waals surface area contributed by atoms with Gasteiger partial charge >= 0.3 is 5.97 Å². The molecule has 0 radical (unpaired) electrons. The second-order valence-corrected chi connectivity index (χ2v) is 8.43. The van der Waals surface area contributed by atoms with E-state index in [1.54, 1.807) is 12.1 Å². The normalized spacial score (nSPS) is 11.4. The van der Waals surface area contributed by atoms with Gasteiger partial charge in [-0.1, -0.05) is 23.2 Å². The van der Waals surface area contributed by atoms with Gasteiger partial charge in [-0.2, -0.15) is 0 Å². The molecule has 9 heteroatoms. The Labute approximate surface area is 161 Å². The lowest BCUT2D eigenvalue weighted by Gasteiger charge is -2.13. The van der Waals surface area contributed by atoms with E-state index in [2.05, 4.69) is 0 Å². The predicted molar refractivity (Wildman–Crippen MR) is 98.4 cm³/mol. The van der Waals surface area contributed by atoms with Crippen LogP contribution in [0, 0.1) is 0 Å². The molecule has 0 unspecified atom stereocenters. The summed E-state index contributed by atoms with van der Waals surface area (Å²) in [5.41, 5.74) is 0.190. The Morgan fingerprint density at radius 3 is 2.23 bits per heavy atom. The maximum absolute atomic E-state index is 12.2. The van der Waals surface area contributed by atoms with Gasteiger partial charge in [0.15, 0.2) is 12.4 Å². The molecule has 0 aliphatic rings. The fraction of sp³-hybridized carbons (Fsp3) is 0.176. The van der Waals surface area contributed by atoms with E-state index < -0.39 is 28.4 Å². The molecular weight excluding hydrogens is 401 g/mol. The van der Waals surface area contributed by atoms with E-state index >= 15 is 0 Å². The monoisotopic (exact) mass is 415 g/mol. The van der Waals surface area contributed by atoms with Crippen LogP contribution in [0.3, 0.4) is 0 Å². The molecular formula is C17H15Cl2NO5S. The van der Waals surface area contributed by atoms with Gasteiger partial charge in [0.2, 0.25) is 10.0 Å². The predicted octanol–water partition coefficient (Wildman–Crippen LogP) is 3.28. The first-order valence-electron chi connectivity index (χ1n) is 7.31. The molecule has 0 saturated heterocycles. The van der Waals surface area contributed by atoms with E-state index in [0.717, 1.165) is 10.4 Å². The van der Waals surface area contributed by atoms with Crippen molar-refractivity contribution in [3.05, 3.63) is 63.6 Å². The van der Waals surface area contributed by atoms with Crippen molar-refractivity contribution in [1.82, 2.24) is 4.31 Å². The Balaban J connectivity index is 2.17. The number of benzene rings is 2. The molecule has 0 heterocycles. The average molecular weight is 416 g/mol. The van der Waals surface area contributed by atoms with Gasteiger partial charge in [0.1, 0.15) is 0 Å². The molecule has 0 saturated carbocycles. The molecule has 26 heavy (non-hydrogen) atoms. The highest BCUT2D eigenvalue weighted by molar-refractivity contribution is 7.89. The van der Waals surface area contributed by atoms with Crippen LogP contribution in [0.4, 0.5) is 0 Å². The molecule has 2 rings (SSSR count). The number of esters is 1. The number of hydrogen-bond acceptors (Lipinski definition) is 5. The van der Waals surface area contributed by atoms with Crippen LogP contribution in [0.2, 0.25) is 10.0 Å². The lowest BCUT2D eigenvalue weighted by Crippen LogP contribution is -2.22. The van der Waals surface area contributed by atoms with Gasteiger partial charge < -0.3 is 4.74 Å². The van der Waals surface area contributed by atoms with Crippen LogP contribution in [0.5, 0.6) is 0 Å². The number of halogens is 2. The minimum Gasteiger partial charge on any atom is -0.454 e. The number of Topliss-reactive ketones (excluding diaryl/α,β-unsaturated/α-hetero) is 1. The highest BCUT2D eigenvalue weighted by Crippen LogP contribution is 2.23. The lowest BCUT2D eigenvalue weighted by atomic mass is 10.1. The summed E-state index contributed by atoms with van der Waals surface area (Å²) in [6, 6.07) is 9.80. The van der Waals surface area contributed by atoms with Crippen LogP contribution in [0.15, 0.2) is 47.4 Å². The van der Waals surface area contributed by atoms with E-state index in [-0.39, 0.29) is 15.5 Å². The maximum Gasteiger partial charge on any atom is 0.340 e. The Kier molecular flexibility index (Phi) is 6.41. The zero-order valence-corrected chi connectivity index (χ0v) is 16.2. The summed E-state index contributed by atoms with van der Waals surface area (Å²) >= 11 is 11.7. The van der Waals surface area contributed by atoms with Crippen molar-refractivity contribution in [1.29, 1.82) is 0 Å². The number of nitrogens with zero attached hydrogens (tertiary/aromatic N) is 1. The quantitative estimate of drug-likeness (QED) is 0.533. The summed E-state index contributed by atoms with van der Waals surface area (Å²) in [4.78, 5) is 24.1. The van der Waals surface area contributed by atoms with Gasteiger partial charge in [0, 0.05) is 24.7 Å². The second-order valence-electron chi connectivity index (χ2n) is 5.44. The van der Waals surface area contributed by atoms with Crippen molar-refractivity contribution in [3.63, 3.8) is 0 Å². The fourth-order valence-corrected chi connectivity index (χ4v) is 3.21. The molecule has 0 aliphatic carbocycles. The van der Waals surface area contributed by atoms with Crippen molar-refractivity contribution in [2.75, 3.05) is 20.7 Å². The van der Waals surface area contributed by atoms with Crippen LogP contribution in [-0.2, 0) is 14.8 Å². The van der Waals surface area contributed by atoms with Crippen LogP contribution in [0.1, 0.15) is 20.7 Å². The number of carbonyl (C=O) groups is 2. The van der Waals surface area contributed by atoms with Crippen LogP contribution >= 0.6 is 23.2 Å². The highest BCUT2D eigenvalue weighted by atomic mass is 35.5. The lowest BCUT2D eigenvalue weighted by molar-refractivity contribution is 0.0474. The molecule has 0 aromatic heterocycles. The summed E-state index contributed by atoms with van der Waals surface area (Å²) in [6.45, 7) is -0.512. The molecule has 0 atom stereocenters. The number of ketones is 1. The Hall–Kier alpha value is -1.93. The molecule has 2 aromatic rings. The number of rotatable bonds is 6. The molecule has 0 N–H and O–H groups in total. The standard InChI is InChI=1S/C17H15Cl2NO5S/c1-20(2)26(23,24)13-7-8-15(19)14(9-13)17(22)25-10-16(21)11-3-5-12(18)6-4-11/h3-9H,10H2,1-2H3. The van der Waals surface area contributed by atoms with Crippen LogP contribution in [-0.4, -0.2) is 45.2 Å². The zero-order chi connectivity index (χ0) is 19.5. The summed E-state index contributed by atoms with van der Waals surface area (Å²) < 4.78 is 30.3. The number of ether oxygens (including phenoxy) is 1.